The van der Waals surface area contributed by atoms with Gasteiger partial charge >= 0.3 is 0 Å². The molecule has 0 saturated heterocycles. The van der Waals surface area contributed by atoms with E-state index >= 15 is 0 Å². The number of ether oxygens (including phenoxy) is 2. The summed E-state index contributed by atoms with van der Waals surface area (Å²) in [6.07, 6.45) is 3.33. The molecule has 0 spiro atoms. The molecule has 3 rings (SSSR count). The number of nitrogen functional groups attached to an aromatic ring is 1. The predicted molar refractivity (Wildman–Crippen MR) is 118 cm³/mol. The third-order valence-corrected chi connectivity index (χ3v) is 5.31. The topological polar surface area (TPSA) is 66.5 Å². The van der Waals surface area contributed by atoms with Crippen molar-refractivity contribution in [2.24, 2.45) is 7.05 Å². The first-order valence-corrected chi connectivity index (χ1v) is 9.65. The minimum Gasteiger partial charge on any atom is -0.493 e. The molecule has 0 amide bonds. The fraction of sp³-hybridized carbons (Fsp3) is 0.286. The lowest BCUT2D eigenvalue weighted by molar-refractivity contribution is -0.133. The Kier molecular flexibility index (Phi) is 7.78. The molecule has 0 radical (unpaired) electrons. The van der Waals surface area contributed by atoms with Gasteiger partial charge in [-0.05, 0) is 59.5 Å². The van der Waals surface area contributed by atoms with E-state index in [0.717, 1.165) is 50.8 Å². The zero-order valence-electron chi connectivity index (χ0n) is 15.9. The summed E-state index contributed by atoms with van der Waals surface area (Å²) in [6, 6.07) is 11.8. The zero-order valence-corrected chi connectivity index (χ0v) is 18.3. The zero-order chi connectivity index (χ0) is 19.4. The highest BCUT2D eigenvalue weighted by atomic mass is 79.9. The molecule has 3 aromatic rings. The second-order valence-corrected chi connectivity index (χ2v) is 7.34. The van der Waals surface area contributed by atoms with Crippen LogP contribution in [0, 0.1) is 0 Å². The van der Waals surface area contributed by atoms with E-state index in [1.165, 1.54) is 0 Å². The average Bonchev–Trinajstić information content (AvgIpc) is 3.00. The third-order valence-electron chi connectivity index (χ3n) is 4.67. The van der Waals surface area contributed by atoms with Crippen LogP contribution in [0.2, 0.25) is 0 Å². The van der Waals surface area contributed by atoms with Crippen molar-refractivity contribution in [2.75, 3.05) is 12.3 Å². The van der Waals surface area contributed by atoms with Gasteiger partial charge in [0.25, 0.3) is 6.47 Å². The number of anilines is 1. The molecule has 0 aliphatic rings. The van der Waals surface area contributed by atoms with Gasteiger partial charge in [0.2, 0.25) is 0 Å². The predicted octanol–water partition coefficient (Wildman–Crippen LogP) is 5.19. The van der Waals surface area contributed by atoms with Crippen molar-refractivity contribution in [2.45, 2.75) is 25.9 Å². The van der Waals surface area contributed by atoms with Gasteiger partial charge < -0.3 is 19.8 Å². The van der Waals surface area contributed by atoms with E-state index in [0.29, 0.717) is 13.1 Å². The van der Waals surface area contributed by atoms with Crippen molar-refractivity contribution in [1.82, 2.24) is 4.57 Å². The maximum atomic E-state index is 10.8. The van der Waals surface area contributed by atoms with Crippen molar-refractivity contribution >= 4 is 51.4 Å². The molecule has 0 saturated carbocycles. The van der Waals surface area contributed by atoms with Gasteiger partial charge in [-0.25, -0.2) is 0 Å². The number of nitrogens with two attached hydrogens (primary N) is 1. The summed E-state index contributed by atoms with van der Waals surface area (Å²) in [5.74, 6) is 0.784. The van der Waals surface area contributed by atoms with E-state index in [9.17, 15) is 4.79 Å². The summed E-state index contributed by atoms with van der Waals surface area (Å²) in [5.41, 5.74) is 9.88. The number of fused-ring (bicyclic) bond motifs is 1. The summed E-state index contributed by atoms with van der Waals surface area (Å²) >= 11 is 3.60. The van der Waals surface area contributed by atoms with Crippen LogP contribution in [0.4, 0.5) is 5.69 Å². The summed E-state index contributed by atoms with van der Waals surface area (Å²) < 4.78 is 14.2. The molecule has 0 aliphatic carbocycles. The number of hydrogen-bond donors (Lipinski definition) is 1. The van der Waals surface area contributed by atoms with Crippen LogP contribution in [0.3, 0.4) is 0 Å². The Bertz CT molecular complexity index is 958. The number of nitrogens with zero attached hydrogens (tertiary/aromatic N) is 1. The van der Waals surface area contributed by atoms with E-state index in [1.807, 2.05) is 61.1 Å². The molecular weight excluding hydrogens is 444 g/mol. The van der Waals surface area contributed by atoms with Gasteiger partial charge in [-0.1, -0.05) is 18.2 Å². The smallest absolute Gasteiger partial charge is 0.293 e. The van der Waals surface area contributed by atoms with Gasteiger partial charge in [-0.15, -0.1) is 12.4 Å². The number of aryl methyl sites for hydroxylation is 2. The quantitative estimate of drug-likeness (QED) is 0.281. The van der Waals surface area contributed by atoms with Crippen LogP contribution < -0.4 is 10.5 Å². The van der Waals surface area contributed by atoms with Crippen molar-refractivity contribution in [1.29, 1.82) is 0 Å². The number of para-hydroxylation sites is 1. The lowest BCUT2D eigenvalue weighted by Crippen LogP contribution is -2.03. The van der Waals surface area contributed by atoms with Crippen LogP contribution >= 0.6 is 28.3 Å². The number of carbonyl (C=O) groups excluding carboxylic acids is 1. The molecule has 1 aromatic heterocycles. The Balaban J connectivity index is 0.00000280. The maximum Gasteiger partial charge on any atom is 0.293 e. The van der Waals surface area contributed by atoms with Crippen LogP contribution in [0.25, 0.3) is 10.9 Å². The minimum absolute atomic E-state index is 0. The molecule has 7 heteroatoms. The summed E-state index contributed by atoms with van der Waals surface area (Å²) in [7, 11) is 1.96. The van der Waals surface area contributed by atoms with Gasteiger partial charge in [-0.3, -0.25) is 4.79 Å². The van der Waals surface area contributed by atoms with Crippen LogP contribution in [0.1, 0.15) is 30.6 Å². The second-order valence-electron chi connectivity index (χ2n) is 6.49. The minimum atomic E-state index is -0.355. The van der Waals surface area contributed by atoms with Crippen LogP contribution in [0.15, 0.2) is 47.1 Å². The molecule has 1 atom stereocenters. The molecule has 150 valence electrons. The van der Waals surface area contributed by atoms with E-state index in [4.69, 9.17) is 15.2 Å². The molecule has 0 aliphatic heterocycles. The van der Waals surface area contributed by atoms with Gasteiger partial charge in [0.1, 0.15) is 11.9 Å². The Hall–Kier alpha value is -2.18. The van der Waals surface area contributed by atoms with Crippen LogP contribution in [-0.2, 0) is 23.0 Å². The monoisotopic (exact) mass is 466 g/mol. The number of rotatable bonds is 8. The molecule has 28 heavy (non-hydrogen) atoms. The fourth-order valence-corrected chi connectivity index (χ4v) is 3.91. The van der Waals surface area contributed by atoms with E-state index in [2.05, 4.69) is 15.9 Å². The first-order chi connectivity index (χ1) is 13.0. The molecule has 1 heterocycles. The molecule has 2 N–H and O–H groups in total. The number of hydrogen-bond acceptors (Lipinski definition) is 4. The molecule has 0 fully saturated rings. The third kappa shape index (κ3) is 4.62. The van der Waals surface area contributed by atoms with E-state index < -0.39 is 0 Å². The van der Waals surface area contributed by atoms with Crippen LogP contribution in [0.5, 0.6) is 5.75 Å². The maximum absolute atomic E-state index is 10.8. The SMILES string of the molecule is CC(OC=O)c1cn(C)c2c(Br)ccc(OCCCc3ccccc3N)c12.Cl. The Morgan fingerprint density at radius 3 is 2.71 bits per heavy atom. The van der Waals surface area contributed by atoms with E-state index in [1.54, 1.807) is 0 Å². The Labute approximate surface area is 179 Å². The molecule has 0 bridgehead atoms. The summed E-state index contributed by atoms with van der Waals surface area (Å²) in [5, 5.41) is 0.959. The van der Waals surface area contributed by atoms with Crippen molar-refractivity contribution in [3.05, 3.63) is 58.2 Å². The molecular formula is C21H24BrClN2O3. The Morgan fingerprint density at radius 2 is 2.00 bits per heavy atom. The lowest BCUT2D eigenvalue weighted by Gasteiger charge is -2.13. The first-order valence-electron chi connectivity index (χ1n) is 8.85. The highest BCUT2D eigenvalue weighted by Crippen LogP contribution is 2.38. The first kappa shape index (κ1) is 22.1. The molecule has 1 unspecified atom stereocenters. The summed E-state index contributed by atoms with van der Waals surface area (Å²) in [6.45, 7) is 2.90. The molecule has 2 aromatic carbocycles. The fourth-order valence-electron chi connectivity index (χ4n) is 3.30. The second kappa shape index (κ2) is 9.85. The van der Waals surface area contributed by atoms with Crippen LogP contribution in [-0.4, -0.2) is 17.6 Å². The standard InChI is InChI=1S/C21H23BrN2O3.ClH/c1-14(27-13-25)16-12-24(2)21-17(22)9-10-19(20(16)21)26-11-5-7-15-6-3-4-8-18(15)23;/h3-4,6,8-10,12-14H,5,7,11,23H2,1-2H3;1H. The van der Waals surface area contributed by atoms with Gasteiger partial charge in [0.15, 0.2) is 0 Å². The van der Waals surface area contributed by atoms with Gasteiger partial charge in [-0.2, -0.15) is 0 Å². The summed E-state index contributed by atoms with van der Waals surface area (Å²) in [4.78, 5) is 10.8. The normalized spacial score (nSPS) is 11.7. The highest BCUT2D eigenvalue weighted by molar-refractivity contribution is 9.10. The largest absolute Gasteiger partial charge is 0.493 e. The Morgan fingerprint density at radius 1 is 1.25 bits per heavy atom. The average molecular weight is 468 g/mol. The van der Waals surface area contributed by atoms with Crippen molar-refractivity contribution in [3.63, 3.8) is 0 Å². The lowest BCUT2D eigenvalue weighted by atomic mass is 10.1. The van der Waals surface area contributed by atoms with Crippen molar-refractivity contribution in [3.8, 4) is 5.75 Å². The number of aromatic nitrogens is 1. The highest BCUT2D eigenvalue weighted by Gasteiger charge is 2.19. The van der Waals surface area contributed by atoms with Gasteiger partial charge in [0.05, 0.1) is 12.1 Å². The van der Waals surface area contributed by atoms with Crippen molar-refractivity contribution < 1.29 is 14.3 Å². The molecule has 5 nitrogen and oxygen atoms in total. The van der Waals surface area contributed by atoms with Gasteiger partial charge in [0, 0.05) is 34.4 Å². The van der Waals surface area contributed by atoms with E-state index in [-0.39, 0.29) is 18.5 Å². The number of benzene rings is 2. The number of carbonyl (C=O) groups is 1. The number of halogens is 2.